The van der Waals surface area contributed by atoms with Gasteiger partial charge >= 0.3 is 0 Å². The van der Waals surface area contributed by atoms with E-state index in [0.29, 0.717) is 0 Å². The summed E-state index contributed by atoms with van der Waals surface area (Å²) in [6.45, 7) is 3.98. The number of hydrogen-bond acceptors (Lipinski definition) is 2. The molecular formula is C16H16N2. The second-order valence-electron chi connectivity index (χ2n) is 4.51. The van der Waals surface area contributed by atoms with Gasteiger partial charge in [-0.15, -0.1) is 0 Å². The normalized spacial score (nSPS) is 14.7. The number of aryl methyl sites for hydroxylation is 1. The van der Waals surface area contributed by atoms with Crippen molar-refractivity contribution in [3.05, 3.63) is 65.7 Å². The third-order valence-corrected chi connectivity index (χ3v) is 3.29. The Hall–Kier alpha value is -2.09. The Bertz CT molecular complexity index is 573. The van der Waals surface area contributed by atoms with Gasteiger partial charge < -0.3 is 4.90 Å². The first-order valence-corrected chi connectivity index (χ1v) is 6.29. The van der Waals surface area contributed by atoms with Crippen molar-refractivity contribution < 1.29 is 0 Å². The maximum atomic E-state index is 4.67. The van der Waals surface area contributed by atoms with E-state index in [1.165, 1.54) is 16.8 Å². The molecule has 1 heterocycles. The summed E-state index contributed by atoms with van der Waals surface area (Å²) in [7, 11) is 0. The van der Waals surface area contributed by atoms with Crippen molar-refractivity contribution in [1.29, 1.82) is 0 Å². The molecule has 18 heavy (non-hydrogen) atoms. The summed E-state index contributed by atoms with van der Waals surface area (Å²) in [5.41, 5.74) is 3.73. The second kappa shape index (κ2) is 4.65. The van der Waals surface area contributed by atoms with E-state index in [4.69, 9.17) is 0 Å². The zero-order valence-electron chi connectivity index (χ0n) is 10.5. The van der Waals surface area contributed by atoms with Crippen molar-refractivity contribution >= 4 is 11.5 Å². The number of para-hydroxylation sites is 1. The van der Waals surface area contributed by atoms with Crippen LogP contribution in [0.4, 0.5) is 5.69 Å². The van der Waals surface area contributed by atoms with E-state index >= 15 is 0 Å². The number of aliphatic imine (C=N–C) groups is 1. The molecule has 0 unspecified atom stereocenters. The molecule has 0 saturated carbocycles. The highest BCUT2D eigenvalue weighted by atomic mass is 15.2. The lowest BCUT2D eigenvalue weighted by atomic mass is 10.1. The van der Waals surface area contributed by atoms with Crippen molar-refractivity contribution in [2.45, 2.75) is 6.92 Å². The molecule has 1 aliphatic rings. The summed E-state index contributed by atoms with van der Waals surface area (Å²) in [4.78, 5) is 6.96. The SMILES string of the molecule is Cc1ccccc1C1=NCCN1c1ccccc1. The molecular weight excluding hydrogens is 220 g/mol. The molecule has 0 atom stereocenters. The van der Waals surface area contributed by atoms with Crippen molar-refractivity contribution in [1.82, 2.24) is 0 Å². The Kier molecular flexibility index (Phi) is 2.85. The Labute approximate surface area is 108 Å². The molecule has 0 aliphatic carbocycles. The number of amidine groups is 1. The van der Waals surface area contributed by atoms with Crippen LogP contribution in [0, 0.1) is 6.92 Å². The standard InChI is InChI=1S/C16H16N2/c1-13-7-5-6-10-15(13)16-17-11-12-18(16)14-8-3-2-4-9-14/h2-10H,11-12H2,1H3. The fourth-order valence-electron chi connectivity index (χ4n) is 2.36. The fourth-order valence-corrected chi connectivity index (χ4v) is 2.36. The summed E-state index contributed by atoms with van der Waals surface area (Å²) in [6.07, 6.45) is 0. The zero-order chi connectivity index (χ0) is 12.4. The Morgan fingerprint density at radius 1 is 0.944 bits per heavy atom. The molecule has 0 saturated heterocycles. The van der Waals surface area contributed by atoms with Gasteiger partial charge in [-0.05, 0) is 24.6 Å². The van der Waals surface area contributed by atoms with Crippen molar-refractivity contribution in [3.63, 3.8) is 0 Å². The van der Waals surface area contributed by atoms with Gasteiger partial charge in [0.25, 0.3) is 0 Å². The quantitative estimate of drug-likeness (QED) is 0.781. The van der Waals surface area contributed by atoms with Crippen LogP contribution < -0.4 is 4.90 Å². The average molecular weight is 236 g/mol. The van der Waals surface area contributed by atoms with Crippen molar-refractivity contribution in [2.24, 2.45) is 4.99 Å². The summed E-state index contributed by atoms with van der Waals surface area (Å²) in [6, 6.07) is 18.9. The van der Waals surface area contributed by atoms with Crippen LogP contribution in [0.3, 0.4) is 0 Å². The van der Waals surface area contributed by atoms with Crippen LogP contribution in [-0.2, 0) is 0 Å². The number of hydrogen-bond donors (Lipinski definition) is 0. The van der Waals surface area contributed by atoms with Crippen LogP contribution in [-0.4, -0.2) is 18.9 Å². The summed E-state index contributed by atoms with van der Waals surface area (Å²) < 4.78 is 0. The van der Waals surface area contributed by atoms with E-state index in [-0.39, 0.29) is 0 Å². The minimum atomic E-state index is 0.874. The molecule has 90 valence electrons. The van der Waals surface area contributed by atoms with Crippen LogP contribution in [0.5, 0.6) is 0 Å². The first kappa shape index (κ1) is 11.0. The molecule has 0 radical (unpaired) electrons. The maximum absolute atomic E-state index is 4.67. The largest absolute Gasteiger partial charge is 0.324 e. The molecule has 0 fully saturated rings. The van der Waals surface area contributed by atoms with Gasteiger partial charge in [-0.2, -0.15) is 0 Å². The third-order valence-electron chi connectivity index (χ3n) is 3.29. The van der Waals surface area contributed by atoms with E-state index in [9.17, 15) is 0 Å². The first-order chi connectivity index (χ1) is 8.86. The van der Waals surface area contributed by atoms with E-state index in [1.807, 2.05) is 6.07 Å². The van der Waals surface area contributed by atoms with Crippen LogP contribution in [0.2, 0.25) is 0 Å². The smallest absolute Gasteiger partial charge is 0.135 e. The number of benzene rings is 2. The number of rotatable bonds is 2. The highest BCUT2D eigenvalue weighted by Gasteiger charge is 2.20. The number of anilines is 1. The topological polar surface area (TPSA) is 15.6 Å². The lowest BCUT2D eigenvalue weighted by molar-refractivity contribution is 1.02. The van der Waals surface area contributed by atoms with Gasteiger partial charge in [0.1, 0.15) is 5.84 Å². The highest BCUT2D eigenvalue weighted by molar-refractivity contribution is 6.11. The van der Waals surface area contributed by atoms with Crippen molar-refractivity contribution in [3.8, 4) is 0 Å². The Morgan fingerprint density at radius 3 is 2.44 bits per heavy atom. The minimum absolute atomic E-state index is 0.874. The maximum Gasteiger partial charge on any atom is 0.135 e. The van der Waals surface area contributed by atoms with E-state index in [0.717, 1.165) is 18.9 Å². The second-order valence-corrected chi connectivity index (χ2v) is 4.51. The first-order valence-electron chi connectivity index (χ1n) is 6.29. The summed E-state index contributed by atoms with van der Waals surface area (Å²) in [5, 5.41) is 0. The summed E-state index contributed by atoms with van der Waals surface area (Å²) >= 11 is 0. The lowest BCUT2D eigenvalue weighted by Crippen LogP contribution is -2.28. The molecule has 2 heteroatoms. The monoisotopic (exact) mass is 236 g/mol. The van der Waals surface area contributed by atoms with E-state index in [2.05, 4.69) is 65.3 Å². The molecule has 2 nitrogen and oxygen atoms in total. The van der Waals surface area contributed by atoms with Gasteiger partial charge in [0, 0.05) is 17.8 Å². The van der Waals surface area contributed by atoms with Gasteiger partial charge in [-0.3, -0.25) is 4.99 Å². The predicted octanol–water partition coefficient (Wildman–Crippen LogP) is 3.26. The van der Waals surface area contributed by atoms with E-state index in [1.54, 1.807) is 0 Å². The molecule has 0 aromatic heterocycles. The van der Waals surface area contributed by atoms with Gasteiger partial charge in [0.15, 0.2) is 0 Å². The molecule has 0 spiro atoms. The number of nitrogens with zero attached hydrogens (tertiary/aromatic N) is 2. The average Bonchev–Trinajstić information content (AvgIpc) is 2.89. The highest BCUT2D eigenvalue weighted by Crippen LogP contribution is 2.22. The molecule has 0 amide bonds. The predicted molar refractivity (Wildman–Crippen MR) is 76.4 cm³/mol. The Morgan fingerprint density at radius 2 is 1.67 bits per heavy atom. The zero-order valence-corrected chi connectivity index (χ0v) is 10.5. The third kappa shape index (κ3) is 1.90. The molecule has 2 aromatic carbocycles. The van der Waals surface area contributed by atoms with Crippen LogP contribution in [0.15, 0.2) is 59.6 Å². The van der Waals surface area contributed by atoms with Gasteiger partial charge in [0.05, 0.1) is 6.54 Å². The van der Waals surface area contributed by atoms with E-state index < -0.39 is 0 Å². The fraction of sp³-hybridized carbons (Fsp3) is 0.188. The van der Waals surface area contributed by atoms with Crippen LogP contribution in [0.25, 0.3) is 0 Å². The Balaban J connectivity index is 2.00. The van der Waals surface area contributed by atoms with Gasteiger partial charge in [-0.1, -0.05) is 42.5 Å². The lowest BCUT2D eigenvalue weighted by Gasteiger charge is -2.21. The molecule has 1 aliphatic heterocycles. The summed E-state index contributed by atoms with van der Waals surface area (Å²) in [5.74, 6) is 1.10. The van der Waals surface area contributed by atoms with Crippen LogP contribution >= 0.6 is 0 Å². The van der Waals surface area contributed by atoms with Crippen LogP contribution in [0.1, 0.15) is 11.1 Å². The minimum Gasteiger partial charge on any atom is -0.324 e. The molecule has 0 N–H and O–H groups in total. The van der Waals surface area contributed by atoms with Gasteiger partial charge in [0.2, 0.25) is 0 Å². The van der Waals surface area contributed by atoms with Crippen molar-refractivity contribution in [2.75, 3.05) is 18.0 Å². The molecule has 2 aromatic rings. The molecule has 3 rings (SSSR count). The van der Waals surface area contributed by atoms with Gasteiger partial charge in [-0.25, -0.2) is 0 Å². The molecule has 0 bridgehead atoms.